The van der Waals surface area contributed by atoms with Gasteiger partial charge in [-0.3, -0.25) is 5.73 Å². The van der Waals surface area contributed by atoms with Gasteiger partial charge in [-0.05, 0) is 38.0 Å². The third kappa shape index (κ3) is 2.30. The molecule has 5 heteroatoms. The van der Waals surface area contributed by atoms with Crippen LogP contribution in [0.15, 0.2) is 18.2 Å². The predicted molar refractivity (Wildman–Crippen MR) is 57.2 cm³/mol. The second-order valence-corrected chi connectivity index (χ2v) is 4.61. The van der Waals surface area contributed by atoms with Crippen molar-refractivity contribution in [3.8, 4) is 0 Å². The topological polar surface area (TPSA) is 35.2 Å². The molecule has 0 amide bonds. The first-order valence-corrected chi connectivity index (χ1v) is 5.37. The molecule has 0 aliphatic carbocycles. The number of fused-ring (bicyclic) bond motifs is 1. The van der Waals surface area contributed by atoms with Gasteiger partial charge >= 0.3 is 6.18 Å². The number of nitrogens with two attached hydrogens (primary N) is 1. The molecule has 1 aliphatic rings. The number of halogens is 3. The molecule has 0 aromatic heterocycles. The van der Waals surface area contributed by atoms with Gasteiger partial charge in [0.25, 0.3) is 0 Å². The Kier molecular flexibility index (Phi) is 2.71. The average Bonchev–Trinajstić information content (AvgIpc) is 2.13. The van der Waals surface area contributed by atoms with Crippen molar-refractivity contribution >= 4 is 0 Å². The van der Waals surface area contributed by atoms with Gasteiger partial charge in [0, 0.05) is 5.56 Å². The van der Waals surface area contributed by atoms with Crippen molar-refractivity contribution in [3.63, 3.8) is 0 Å². The molecule has 2 nitrogen and oxygen atoms in total. The van der Waals surface area contributed by atoms with Gasteiger partial charge in [-0.1, -0.05) is 6.07 Å². The van der Waals surface area contributed by atoms with Crippen LogP contribution in [0.3, 0.4) is 0 Å². The third-order valence-electron chi connectivity index (χ3n) is 2.93. The Balaban J connectivity index is 2.51. The number of hydrogen-bond acceptors (Lipinski definition) is 2. The summed E-state index contributed by atoms with van der Waals surface area (Å²) < 4.78 is 43.3. The summed E-state index contributed by atoms with van der Waals surface area (Å²) in [6, 6.07) is 3.66. The van der Waals surface area contributed by atoms with Gasteiger partial charge in [-0.2, -0.15) is 13.2 Å². The van der Waals surface area contributed by atoms with E-state index in [1.807, 2.05) is 6.92 Å². The van der Waals surface area contributed by atoms with Crippen LogP contribution in [0.25, 0.3) is 0 Å². The standard InChI is InChI=1S/C12H14F3NO/c1-7-5-8-3-4-9(12(13,14)15)6-10(8)11(2,16)17-7/h3-4,6-7H,5,16H2,1-2H3. The second-order valence-electron chi connectivity index (χ2n) is 4.61. The van der Waals surface area contributed by atoms with Crippen LogP contribution in [0, 0.1) is 0 Å². The first kappa shape index (κ1) is 12.4. The first-order valence-electron chi connectivity index (χ1n) is 5.37. The van der Waals surface area contributed by atoms with Crippen molar-refractivity contribution in [2.45, 2.75) is 38.3 Å². The fraction of sp³-hybridized carbons (Fsp3) is 0.500. The molecule has 1 heterocycles. The Morgan fingerprint density at radius 2 is 2.06 bits per heavy atom. The van der Waals surface area contributed by atoms with E-state index < -0.39 is 17.5 Å². The average molecular weight is 245 g/mol. The number of ether oxygens (including phenoxy) is 1. The molecule has 2 atom stereocenters. The minimum Gasteiger partial charge on any atom is -0.354 e. The van der Waals surface area contributed by atoms with Gasteiger partial charge in [0.15, 0.2) is 0 Å². The molecule has 0 saturated carbocycles. The summed E-state index contributed by atoms with van der Waals surface area (Å²) in [5.41, 5.74) is 5.30. The zero-order chi connectivity index (χ0) is 12.8. The van der Waals surface area contributed by atoms with Crippen LogP contribution in [0.1, 0.15) is 30.5 Å². The van der Waals surface area contributed by atoms with Crippen LogP contribution < -0.4 is 5.73 Å². The highest BCUT2D eigenvalue weighted by molar-refractivity contribution is 5.38. The number of benzene rings is 1. The van der Waals surface area contributed by atoms with Crippen LogP contribution in [0.5, 0.6) is 0 Å². The van der Waals surface area contributed by atoms with E-state index in [0.29, 0.717) is 12.0 Å². The van der Waals surface area contributed by atoms with Crippen molar-refractivity contribution < 1.29 is 17.9 Å². The van der Waals surface area contributed by atoms with Gasteiger partial charge in [0.05, 0.1) is 11.7 Å². The lowest BCUT2D eigenvalue weighted by Gasteiger charge is -2.36. The summed E-state index contributed by atoms with van der Waals surface area (Å²) in [6.07, 6.45) is -3.86. The van der Waals surface area contributed by atoms with Crippen LogP contribution >= 0.6 is 0 Å². The molecule has 2 rings (SSSR count). The molecule has 0 bridgehead atoms. The normalized spacial score (nSPS) is 28.9. The number of hydrogen-bond donors (Lipinski definition) is 1. The molecule has 2 N–H and O–H groups in total. The molecule has 2 unspecified atom stereocenters. The van der Waals surface area contributed by atoms with E-state index in [1.54, 1.807) is 6.92 Å². The molecular weight excluding hydrogens is 231 g/mol. The van der Waals surface area contributed by atoms with Gasteiger partial charge in [0.2, 0.25) is 0 Å². The van der Waals surface area contributed by atoms with Crippen LogP contribution in [0.2, 0.25) is 0 Å². The summed E-state index contributed by atoms with van der Waals surface area (Å²) in [7, 11) is 0. The van der Waals surface area contributed by atoms with Crippen molar-refractivity contribution in [2.75, 3.05) is 0 Å². The van der Waals surface area contributed by atoms with Gasteiger partial charge in [-0.15, -0.1) is 0 Å². The third-order valence-corrected chi connectivity index (χ3v) is 2.93. The molecular formula is C12H14F3NO. The molecule has 0 fully saturated rings. The van der Waals surface area contributed by atoms with Crippen molar-refractivity contribution in [2.24, 2.45) is 5.73 Å². The fourth-order valence-corrected chi connectivity index (χ4v) is 2.23. The maximum atomic E-state index is 12.6. The van der Waals surface area contributed by atoms with Crippen LogP contribution in [-0.2, 0) is 23.1 Å². The summed E-state index contributed by atoms with van der Waals surface area (Å²) in [6.45, 7) is 3.44. The highest BCUT2D eigenvalue weighted by Gasteiger charge is 2.36. The quantitative estimate of drug-likeness (QED) is 0.762. The van der Waals surface area contributed by atoms with E-state index in [1.165, 1.54) is 6.07 Å². The van der Waals surface area contributed by atoms with E-state index >= 15 is 0 Å². The smallest absolute Gasteiger partial charge is 0.354 e. The Morgan fingerprint density at radius 3 is 2.65 bits per heavy atom. The second kappa shape index (κ2) is 3.71. The Hall–Kier alpha value is -1.07. The zero-order valence-corrected chi connectivity index (χ0v) is 9.64. The van der Waals surface area contributed by atoms with Gasteiger partial charge < -0.3 is 4.74 Å². The van der Waals surface area contributed by atoms with E-state index in [-0.39, 0.29) is 6.10 Å². The van der Waals surface area contributed by atoms with E-state index in [9.17, 15) is 13.2 Å². The van der Waals surface area contributed by atoms with E-state index in [4.69, 9.17) is 10.5 Å². The Bertz CT molecular complexity index is 440. The molecule has 1 aliphatic heterocycles. The van der Waals surface area contributed by atoms with E-state index in [0.717, 1.165) is 17.7 Å². The lowest BCUT2D eigenvalue weighted by Crippen LogP contribution is -2.44. The Labute approximate surface area is 97.6 Å². The molecule has 0 radical (unpaired) electrons. The molecule has 0 spiro atoms. The summed E-state index contributed by atoms with van der Waals surface area (Å²) >= 11 is 0. The van der Waals surface area contributed by atoms with E-state index in [2.05, 4.69) is 0 Å². The van der Waals surface area contributed by atoms with Crippen molar-refractivity contribution in [3.05, 3.63) is 34.9 Å². The first-order chi connectivity index (χ1) is 7.70. The SMILES string of the molecule is CC1Cc2ccc(C(F)(F)F)cc2C(C)(N)O1. The summed E-state index contributed by atoms with van der Waals surface area (Å²) in [5.74, 6) is 0. The molecule has 1 aromatic rings. The molecule has 1 aromatic carbocycles. The Morgan fingerprint density at radius 1 is 1.41 bits per heavy atom. The molecule has 0 saturated heterocycles. The predicted octanol–water partition coefficient (Wildman–Crippen LogP) is 2.80. The zero-order valence-electron chi connectivity index (χ0n) is 9.64. The van der Waals surface area contributed by atoms with Crippen molar-refractivity contribution in [1.82, 2.24) is 0 Å². The van der Waals surface area contributed by atoms with Crippen LogP contribution in [-0.4, -0.2) is 6.10 Å². The highest BCUT2D eigenvalue weighted by atomic mass is 19.4. The highest BCUT2D eigenvalue weighted by Crippen LogP contribution is 2.36. The summed E-state index contributed by atoms with van der Waals surface area (Å²) in [4.78, 5) is 0. The lowest BCUT2D eigenvalue weighted by molar-refractivity contribution is -0.138. The van der Waals surface area contributed by atoms with Gasteiger partial charge in [0.1, 0.15) is 5.72 Å². The number of rotatable bonds is 0. The maximum Gasteiger partial charge on any atom is 0.416 e. The van der Waals surface area contributed by atoms with Crippen molar-refractivity contribution in [1.29, 1.82) is 0 Å². The maximum absolute atomic E-state index is 12.6. The summed E-state index contributed by atoms with van der Waals surface area (Å²) in [5, 5.41) is 0. The van der Waals surface area contributed by atoms with Gasteiger partial charge in [-0.25, -0.2) is 0 Å². The minimum absolute atomic E-state index is 0.0887. The monoisotopic (exact) mass is 245 g/mol. The molecule has 17 heavy (non-hydrogen) atoms. The lowest BCUT2D eigenvalue weighted by atomic mass is 9.90. The molecule has 94 valence electrons. The fourth-order valence-electron chi connectivity index (χ4n) is 2.23. The largest absolute Gasteiger partial charge is 0.416 e. The minimum atomic E-state index is -4.35. The van der Waals surface area contributed by atoms with Crippen LogP contribution in [0.4, 0.5) is 13.2 Å². The number of alkyl halides is 3.